The molecular formula is C34H62O2. The average molecular weight is 503 g/mol. The van der Waals surface area contributed by atoms with Crippen molar-refractivity contribution in [2.45, 2.75) is 187 Å². The fourth-order valence-corrected chi connectivity index (χ4v) is 9.22. The predicted molar refractivity (Wildman–Crippen MR) is 154 cm³/mol. The van der Waals surface area contributed by atoms with Crippen LogP contribution in [-0.2, 0) is 4.79 Å². The van der Waals surface area contributed by atoms with Gasteiger partial charge in [-0.1, -0.05) is 123 Å². The minimum absolute atomic E-state index is 0.0608. The Hall–Kier alpha value is -0.530. The van der Waals surface area contributed by atoms with Gasteiger partial charge in [0.05, 0.1) is 5.41 Å². The zero-order valence-corrected chi connectivity index (χ0v) is 24.5. The van der Waals surface area contributed by atoms with Gasteiger partial charge in [-0.2, -0.15) is 0 Å². The van der Waals surface area contributed by atoms with Gasteiger partial charge in [-0.3, -0.25) is 4.79 Å². The molecule has 0 aromatic rings. The first-order valence-electron chi connectivity index (χ1n) is 16.8. The lowest BCUT2D eigenvalue weighted by Gasteiger charge is -2.58. The number of hydrogen-bond acceptors (Lipinski definition) is 1. The van der Waals surface area contributed by atoms with Crippen LogP contribution in [0.4, 0.5) is 0 Å². The van der Waals surface area contributed by atoms with E-state index in [4.69, 9.17) is 0 Å². The molecule has 0 aliphatic heterocycles. The summed E-state index contributed by atoms with van der Waals surface area (Å²) in [7, 11) is 0. The van der Waals surface area contributed by atoms with Crippen molar-refractivity contribution in [1.82, 2.24) is 0 Å². The highest BCUT2D eigenvalue weighted by Gasteiger charge is 2.59. The Kier molecular flexibility index (Phi) is 12.6. The van der Waals surface area contributed by atoms with E-state index >= 15 is 0 Å². The lowest BCUT2D eigenvalue weighted by atomic mass is 9.46. The molecule has 3 rings (SSSR count). The lowest BCUT2D eigenvalue weighted by Crippen LogP contribution is -2.53. The van der Waals surface area contributed by atoms with E-state index in [1.807, 2.05) is 0 Å². The number of aliphatic carboxylic acids is 1. The minimum Gasteiger partial charge on any atom is -0.481 e. The van der Waals surface area contributed by atoms with E-state index in [1.54, 1.807) is 0 Å². The highest BCUT2D eigenvalue weighted by atomic mass is 16.4. The van der Waals surface area contributed by atoms with E-state index in [2.05, 4.69) is 13.8 Å². The van der Waals surface area contributed by atoms with E-state index in [9.17, 15) is 9.90 Å². The number of carboxylic acids is 1. The summed E-state index contributed by atoms with van der Waals surface area (Å²) in [6, 6.07) is 0. The molecule has 0 amide bonds. The normalized spacial score (nSPS) is 29.3. The standard InChI is InChI=1S/C34H62O2/c1-3-5-7-9-10-11-16-22-32(30-20-14-12-15-21-30)26-28-33(29-27-32,23-17-8-6-4-2)34(31(35)36)24-18-13-19-25-34/h30H,3-29H2,1-2H3,(H,35,36). The highest BCUT2D eigenvalue weighted by molar-refractivity contribution is 5.76. The van der Waals surface area contributed by atoms with Crippen molar-refractivity contribution in [3.63, 3.8) is 0 Å². The van der Waals surface area contributed by atoms with Gasteiger partial charge in [-0.15, -0.1) is 0 Å². The summed E-state index contributed by atoms with van der Waals surface area (Å²) in [4.78, 5) is 13.1. The van der Waals surface area contributed by atoms with E-state index in [1.165, 1.54) is 148 Å². The van der Waals surface area contributed by atoms with Gasteiger partial charge >= 0.3 is 5.97 Å². The minimum atomic E-state index is -0.435. The summed E-state index contributed by atoms with van der Waals surface area (Å²) >= 11 is 0. The fourth-order valence-electron chi connectivity index (χ4n) is 9.22. The van der Waals surface area contributed by atoms with Crippen molar-refractivity contribution >= 4 is 5.97 Å². The van der Waals surface area contributed by atoms with Crippen molar-refractivity contribution < 1.29 is 9.90 Å². The molecule has 36 heavy (non-hydrogen) atoms. The first kappa shape index (κ1) is 30.0. The average Bonchev–Trinajstić information content (AvgIpc) is 2.92. The van der Waals surface area contributed by atoms with Crippen molar-refractivity contribution in [3.05, 3.63) is 0 Å². The number of carbonyl (C=O) groups is 1. The number of unbranched alkanes of at least 4 members (excludes halogenated alkanes) is 9. The van der Waals surface area contributed by atoms with Gasteiger partial charge in [0, 0.05) is 0 Å². The zero-order valence-electron chi connectivity index (χ0n) is 24.5. The maximum atomic E-state index is 13.1. The molecule has 210 valence electrons. The molecular weight excluding hydrogens is 440 g/mol. The summed E-state index contributed by atoms with van der Waals surface area (Å²) < 4.78 is 0. The van der Waals surface area contributed by atoms with Crippen molar-refractivity contribution in [2.75, 3.05) is 0 Å². The monoisotopic (exact) mass is 502 g/mol. The second-order valence-electron chi connectivity index (χ2n) is 13.6. The zero-order chi connectivity index (χ0) is 25.7. The second kappa shape index (κ2) is 15.2. The van der Waals surface area contributed by atoms with Crippen molar-refractivity contribution in [3.8, 4) is 0 Å². The van der Waals surface area contributed by atoms with Crippen LogP contribution in [0.2, 0.25) is 0 Å². The maximum Gasteiger partial charge on any atom is 0.310 e. The Balaban J connectivity index is 1.73. The molecule has 0 atom stereocenters. The molecule has 0 aromatic heterocycles. The van der Waals surface area contributed by atoms with E-state index in [0.29, 0.717) is 5.41 Å². The summed E-state index contributed by atoms with van der Waals surface area (Å²) in [5.41, 5.74) is 0.145. The molecule has 3 saturated carbocycles. The molecule has 3 aliphatic carbocycles. The predicted octanol–water partition coefficient (Wildman–Crippen LogP) is 11.3. The summed E-state index contributed by atoms with van der Waals surface area (Å²) in [6.45, 7) is 4.60. The maximum absolute atomic E-state index is 13.1. The van der Waals surface area contributed by atoms with E-state index in [0.717, 1.165) is 31.6 Å². The number of carboxylic acid groups (broad SMARTS) is 1. The van der Waals surface area contributed by atoms with Gasteiger partial charge in [0.25, 0.3) is 0 Å². The van der Waals surface area contributed by atoms with Crippen LogP contribution in [0.25, 0.3) is 0 Å². The van der Waals surface area contributed by atoms with Gasteiger partial charge in [0.2, 0.25) is 0 Å². The number of rotatable bonds is 16. The van der Waals surface area contributed by atoms with Crippen LogP contribution in [0.15, 0.2) is 0 Å². The third-order valence-electron chi connectivity index (χ3n) is 11.6. The molecule has 3 fully saturated rings. The topological polar surface area (TPSA) is 37.3 Å². The van der Waals surface area contributed by atoms with E-state index < -0.39 is 11.4 Å². The third kappa shape index (κ3) is 7.31. The van der Waals surface area contributed by atoms with Gasteiger partial charge < -0.3 is 5.11 Å². The van der Waals surface area contributed by atoms with Crippen LogP contribution in [0.5, 0.6) is 0 Å². The second-order valence-corrected chi connectivity index (χ2v) is 13.6. The van der Waals surface area contributed by atoms with Crippen LogP contribution in [-0.4, -0.2) is 11.1 Å². The van der Waals surface area contributed by atoms with Gasteiger partial charge in [-0.05, 0) is 81.0 Å². The molecule has 0 saturated heterocycles. The molecule has 0 bridgehead atoms. The van der Waals surface area contributed by atoms with Crippen LogP contribution >= 0.6 is 0 Å². The van der Waals surface area contributed by atoms with Gasteiger partial charge in [0.1, 0.15) is 0 Å². The van der Waals surface area contributed by atoms with Crippen molar-refractivity contribution in [2.24, 2.45) is 22.2 Å². The lowest BCUT2D eigenvalue weighted by molar-refractivity contribution is -0.171. The SMILES string of the molecule is CCCCCCCCCC1(C2CCCCC2)CCC(CCCCCC)(C2(C(=O)O)CCCCC2)CC1. The summed E-state index contributed by atoms with van der Waals surface area (Å²) in [5, 5.41) is 10.7. The fraction of sp³-hybridized carbons (Fsp3) is 0.971. The first-order chi connectivity index (χ1) is 17.5. The third-order valence-corrected chi connectivity index (χ3v) is 11.6. The van der Waals surface area contributed by atoms with Crippen molar-refractivity contribution in [1.29, 1.82) is 0 Å². The molecule has 2 heteroatoms. The van der Waals surface area contributed by atoms with Crippen LogP contribution in [0.1, 0.15) is 187 Å². The smallest absolute Gasteiger partial charge is 0.310 e. The molecule has 0 radical (unpaired) electrons. The van der Waals surface area contributed by atoms with Gasteiger partial charge in [0.15, 0.2) is 0 Å². The molecule has 3 aliphatic rings. The largest absolute Gasteiger partial charge is 0.481 e. The van der Waals surface area contributed by atoms with Crippen LogP contribution in [0.3, 0.4) is 0 Å². The molecule has 0 aromatic carbocycles. The molecule has 2 nitrogen and oxygen atoms in total. The van der Waals surface area contributed by atoms with E-state index in [-0.39, 0.29) is 5.41 Å². The summed E-state index contributed by atoms with van der Waals surface area (Å²) in [6.07, 6.45) is 35.2. The Morgan fingerprint density at radius 3 is 1.69 bits per heavy atom. The van der Waals surface area contributed by atoms with Crippen LogP contribution in [0, 0.1) is 22.2 Å². The highest BCUT2D eigenvalue weighted by Crippen LogP contribution is 2.64. The van der Waals surface area contributed by atoms with Gasteiger partial charge in [-0.25, -0.2) is 0 Å². The quantitative estimate of drug-likeness (QED) is 0.213. The Bertz CT molecular complexity index is 603. The Labute approximate surface area is 225 Å². The molecule has 0 heterocycles. The Morgan fingerprint density at radius 2 is 1.11 bits per heavy atom. The Morgan fingerprint density at radius 1 is 0.611 bits per heavy atom. The number of hydrogen-bond donors (Lipinski definition) is 1. The first-order valence-corrected chi connectivity index (χ1v) is 16.8. The molecule has 0 spiro atoms. The molecule has 1 N–H and O–H groups in total. The summed E-state index contributed by atoms with van der Waals surface area (Å²) in [5.74, 6) is 0.478. The van der Waals surface area contributed by atoms with Crippen LogP contribution < -0.4 is 0 Å². The molecule has 0 unspecified atom stereocenters.